The van der Waals surface area contributed by atoms with E-state index in [9.17, 15) is 4.79 Å². The summed E-state index contributed by atoms with van der Waals surface area (Å²) < 4.78 is 16.4. The standard InChI is InChI=1S/C26H30N2O5/c1-4-15-32-28-22(18-25(29)30-3)17-20-10-12-23(13-11-20)31-16-14-24-19(2)33-26(27-24)21-8-6-5-7-9-21/h5-13H,4,14-18H2,1-3H3/b28-22+. The third-order valence-corrected chi connectivity index (χ3v) is 4.92. The van der Waals surface area contributed by atoms with Gasteiger partial charge < -0.3 is 18.7 Å². The minimum Gasteiger partial charge on any atom is -0.493 e. The second-order valence-electron chi connectivity index (χ2n) is 7.55. The molecule has 0 amide bonds. The van der Waals surface area contributed by atoms with E-state index in [-0.39, 0.29) is 12.4 Å². The van der Waals surface area contributed by atoms with Gasteiger partial charge in [-0.05, 0) is 43.2 Å². The van der Waals surface area contributed by atoms with E-state index < -0.39 is 0 Å². The van der Waals surface area contributed by atoms with Gasteiger partial charge in [0.2, 0.25) is 5.89 Å². The molecule has 7 heteroatoms. The number of hydrogen-bond acceptors (Lipinski definition) is 7. The third kappa shape index (κ3) is 7.49. The lowest BCUT2D eigenvalue weighted by atomic mass is 10.1. The molecule has 1 aromatic heterocycles. The summed E-state index contributed by atoms with van der Waals surface area (Å²) in [5.41, 5.74) is 3.48. The van der Waals surface area contributed by atoms with Crippen molar-refractivity contribution in [2.45, 2.75) is 39.5 Å². The second kappa shape index (κ2) is 12.4. The van der Waals surface area contributed by atoms with E-state index in [0.717, 1.165) is 34.8 Å². The van der Waals surface area contributed by atoms with Crippen LogP contribution in [0.15, 0.2) is 64.2 Å². The number of methoxy groups -OCH3 is 1. The highest BCUT2D eigenvalue weighted by molar-refractivity contribution is 5.99. The largest absolute Gasteiger partial charge is 0.493 e. The van der Waals surface area contributed by atoms with Gasteiger partial charge in [-0.3, -0.25) is 4.79 Å². The van der Waals surface area contributed by atoms with Crippen LogP contribution in [0.25, 0.3) is 11.5 Å². The lowest BCUT2D eigenvalue weighted by Gasteiger charge is -2.08. The van der Waals surface area contributed by atoms with Gasteiger partial charge in [-0.15, -0.1) is 0 Å². The zero-order valence-corrected chi connectivity index (χ0v) is 19.4. The number of aromatic nitrogens is 1. The van der Waals surface area contributed by atoms with Crippen molar-refractivity contribution in [3.63, 3.8) is 0 Å². The van der Waals surface area contributed by atoms with Crippen LogP contribution in [-0.2, 0) is 27.2 Å². The molecule has 0 radical (unpaired) electrons. The van der Waals surface area contributed by atoms with E-state index in [0.29, 0.717) is 37.7 Å². The Morgan fingerprint density at radius 2 is 1.82 bits per heavy atom. The number of rotatable bonds is 12. The first-order valence-corrected chi connectivity index (χ1v) is 11.1. The molecule has 0 atom stereocenters. The number of carbonyl (C=O) groups is 1. The summed E-state index contributed by atoms with van der Waals surface area (Å²) in [4.78, 5) is 21.5. The lowest BCUT2D eigenvalue weighted by Crippen LogP contribution is -2.13. The fourth-order valence-corrected chi connectivity index (χ4v) is 3.16. The number of carbonyl (C=O) groups excluding carboxylic acids is 1. The molecule has 0 saturated heterocycles. The van der Waals surface area contributed by atoms with Crippen LogP contribution in [0.3, 0.4) is 0 Å². The average molecular weight is 451 g/mol. The molecule has 3 rings (SSSR count). The van der Waals surface area contributed by atoms with Crippen molar-refractivity contribution in [3.05, 3.63) is 71.6 Å². The number of esters is 1. The molecule has 0 saturated carbocycles. The van der Waals surface area contributed by atoms with Gasteiger partial charge in [0.25, 0.3) is 0 Å². The Labute approximate surface area is 194 Å². The molecule has 2 aromatic carbocycles. The number of oxazole rings is 1. The van der Waals surface area contributed by atoms with Crippen LogP contribution in [0.1, 0.15) is 36.8 Å². The zero-order chi connectivity index (χ0) is 23.5. The summed E-state index contributed by atoms with van der Waals surface area (Å²) in [6.07, 6.45) is 2.09. The van der Waals surface area contributed by atoms with Gasteiger partial charge in [0.1, 0.15) is 18.1 Å². The Bertz CT molecular complexity index is 1040. The summed E-state index contributed by atoms with van der Waals surface area (Å²) in [5, 5.41) is 4.10. The van der Waals surface area contributed by atoms with Crippen LogP contribution < -0.4 is 4.74 Å². The first kappa shape index (κ1) is 24.0. The molecule has 0 bridgehead atoms. The molecule has 0 unspecified atom stereocenters. The molecule has 0 aliphatic heterocycles. The number of aryl methyl sites for hydroxylation is 1. The van der Waals surface area contributed by atoms with E-state index in [1.54, 1.807) is 0 Å². The maximum absolute atomic E-state index is 11.7. The minimum absolute atomic E-state index is 0.0977. The predicted molar refractivity (Wildman–Crippen MR) is 126 cm³/mol. The van der Waals surface area contributed by atoms with Crippen molar-refractivity contribution in [2.75, 3.05) is 20.3 Å². The summed E-state index contributed by atoms with van der Waals surface area (Å²) in [5.74, 6) is 1.85. The van der Waals surface area contributed by atoms with E-state index in [1.165, 1.54) is 7.11 Å². The maximum atomic E-state index is 11.7. The fraction of sp³-hybridized carbons (Fsp3) is 0.346. The van der Waals surface area contributed by atoms with Crippen molar-refractivity contribution in [1.82, 2.24) is 4.98 Å². The molecule has 1 heterocycles. The Morgan fingerprint density at radius 1 is 1.06 bits per heavy atom. The van der Waals surface area contributed by atoms with Gasteiger partial charge in [0.05, 0.1) is 31.5 Å². The van der Waals surface area contributed by atoms with Gasteiger partial charge >= 0.3 is 5.97 Å². The van der Waals surface area contributed by atoms with Crippen molar-refractivity contribution in [2.24, 2.45) is 5.16 Å². The van der Waals surface area contributed by atoms with Crippen LogP contribution in [0.4, 0.5) is 0 Å². The van der Waals surface area contributed by atoms with E-state index in [4.69, 9.17) is 18.7 Å². The average Bonchev–Trinajstić information content (AvgIpc) is 3.21. The normalized spacial score (nSPS) is 11.3. The maximum Gasteiger partial charge on any atom is 0.311 e. The van der Waals surface area contributed by atoms with Crippen LogP contribution in [0, 0.1) is 6.92 Å². The molecular formula is C26H30N2O5. The zero-order valence-electron chi connectivity index (χ0n) is 19.4. The van der Waals surface area contributed by atoms with Crippen LogP contribution in [0.5, 0.6) is 5.75 Å². The third-order valence-electron chi connectivity index (χ3n) is 4.92. The number of hydrogen-bond donors (Lipinski definition) is 0. The molecule has 0 N–H and O–H groups in total. The Balaban J connectivity index is 1.53. The van der Waals surface area contributed by atoms with E-state index in [2.05, 4.69) is 10.1 Å². The SMILES string of the molecule is CCCO/N=C(/CC(=O)OC)Cc1ccc(OCCc2nc(-c3ccccc3)oc2C)cc1. The Hall–Kier alpha value is -3.61. The minimum atomic E-state index is -0.340. The molecule has 0 aliphatic rings. The summed E-state index contributed by atoms with van der Waals surface area (Å²) in [6, 6.07) is 17.6. The molecule has 0 aliphatic carbocycles. The highest BCUT2D eigenvalue weighted by atomic mass is 16.6. The van der Waals surface area contributed by atoms with Crippen LogP contribution in [0.2, 0.25) is 0 Å². The van der Waals surface area contributed by atoms with Crippen molar-refractivity contribution in [3.8, 4) is 17.2 Å². The number of ether oxygens (including phenoxy) is 2. The monoisotopic (exact) mass is 450 g/mol. The smallest absolute Gasteiger partial charge is 0.311 e. The Kier molecular flexibility index (Phi) is 9.06. The fourth-order valence-electron chi connectivity index (χ4n) is 3.16. The highest BCUT2D eigenvalue weighted by Gasteiger charge is 2.12. The summed E-state index contributed by atoms with van der Waals surface area (Å²) >= 11 is 0. The van der Waals surface area contributed by atoms with Crippen LogP contribution in [-0.4, -0.2) is 37.0 Å². The molecule has 3 aromatic rings. The number of oxime groups is 1. The molecule has 7 nitrogen and oxygen atoms in total. The van der Waals surface area contributed by atoms with Gasteiger partial charge in [-0.1, -0.05) is 42.4 Å². The summed E-state index contributed by atoms with van der Waals surface area (Å²) in [7, 11) is 1.36. The van der Waals surface area contributed by atoms with Crippen molar-refractivity contribution in [1.29, 1.82) is 0 Å². The first-order chi connectivity index (χ1) is 16.1. The van der Waals surface area contributed by atoms with Crippen molar-refractivity contribution >= 4 is 11.7 Å². The molecular weight excluding hydrogens is 420 g/mol. The molecule has 174 valence electrons. The van der Waals surface area contributed by atoms with Gasteiger partial charge in [-0.2, -0.15) is 0 Å². The molecule has 0 fully saturated rings. The predicted octanol–water partition coefficient (Wildman–Crippen LogP) is 5.16. The molecule has 0 spiro atoms. The van der Waals surface area contributed by atoms with Crippen molar-refractivity contribution < 1.29 is 23.5 Å². The summed E-state index contributed by atoms with van der Waals surface area (Å²) in [6.45, 7) is 4.91. The van der Waals surface area contributed by atoms with Gasteiger partial charge in [-0.25, -0.2) is 4.98 Å². The number of benzene rings is 2. The van der Waals surface area contributed by atoms with Gasteiger partial charge in [0, 0.05) is 18.4 Å². The lowest BCUT2D eigenvalue weighted by molar-refractivity contribution is -0.139. The first-order valence-electron chi connectivity index (χ1n) is 11.1. The van der Waals surface area contributed by atoms with Gasteiger partial charge in [0.15, 0.2) is 0 Å². The highest BCUT2D eigenvalue weighted by Crippen LogP contribution is 2.22. The van der Waals surface area contributed by atoms with E-state index >= 15 is 0 Å². The topological polar surface area (TPSA) is 83.2 Å². The Morgan fingerprint density at radius 3 is 2.52 bits per heavy atom. The van der Waals surface area contributed by atoms with E-state index in [1.807, 2.05) is 68.4 Å². The number of nitrogens with zero attached hydrogens (tertiary/aromatic N) is 2. The van der Waals surface area contributed by atoms with Crippen LogP contribution >= 0.6 is 0 Å². The molecule has 33 heavy (non-hydrogen) atoms. The second-order valence-corrected chi connectivity index (χ2v) is 7.55. The quantitative estimate of drug-likeness (QED) is 0.164.